The highest BCUT2D eigenvalue weighted by Crippen LogP contribution is 2.20. The molecule has 0 bridgehead atoms. The molecule has 0 aliphatic heterocycles. The number of nitrogens with one attached hydrogen (secondary N) is 1. The topological polar surface area (TPSA) is 39.1 Å². The highest BCUT2D eigenvalue weighted by molar-refractivity contribution is 5.30. The lowest BCUT2D eigenvalue weighted by Crippen LogP contribution is -2.25. The molecule has 0 radical (unpaired) electrons. The zero-order valence-electron chi connectivity index (χ0n) is 10.6. The minimum atomic E-state index is 0.418. The molecule has 1 atom stereocenters. The Hall–Kier alpha value is -1.29. The van der Waals surface area contributed by atoms with Crippen molar-refractivity contribution in [2.24, 2.45) is 7.05 Å². The van der Waals surface area contributed by atoms with Crippen molar-refractivity contribution >= 4 is 0 Å². The molecule has 4 nitrogen and oxygen atoms in total. The summed E-state index contributed by atoms with van der Waals surface area (Å²) in [6.07, 6.45) is 2.88. The maximum atomic E-state index is 5.33. The molecule has 0 fully saturated rings. The van der Waals surface area contributed by atoms with E-state index in [9.17, 15) is 0 Å². The molecule has 16 heavy (non-hydrogen) atoms. The lowest BCUT2D eigenvalue weighted by Gasteiger charge is -2.12. The average Bonchev–Trinajstić information content (AvgIpc) is 2.50. The zero-order valence-corrected chi connectivity index (χ0v) is 10.6. The van der Waals surface area contributed by atoms with Gasteiger partial charge in [0.15, 0.2) is 0 Å². The molecule has 0 aliphatic rings. The summed E-state index contributed by atoms with van der Waals surface area (Å²) in [6.45, 7) is 8.64. The quantitative estimate of drug-likeness (QED) is 0.747. The average molecular weight is 223 g/mol. The molecule has 1 aromatic heterocycles. The van der Waals surface area contributed by atoms with Crippen molar-refractivity contribution in [2.45, 2.75) is 32.9 Å². The van der Waals surface area contributed by atoms with Gasteiger partial charge in [-0.05, 0) is 20.3 Å². The van der Waals surface area contributed by atoms with E-state index in [0.717, 1.165) is 30.1 Å². The van der Waals surface area contributed by atoms with Crippen molar-refractivity contribution in [2.75, 3.05) is 7.11 Å². The molecule has 0 saturated heterocycles. The number of rotatable bonds is 6. The highest BCUT2D eigenvalue weighted by Gasteiger charge is 2.13. The van der Waals surface area contributed by atoms with Gasteiger partial charge in [-0.25, -0.2) is 4.68 Å². The number of ether oxygens (including phenoxy) is 1. The number of aryl methyl sites for hydroxylation is 2. The molecule has 0 amide bonds. The molecular weight excluding hydrogens is 202 g/mol. The van der Waals surface area contributed by atoms with Gasteiger partial charge in [0.05, 0.1) is 18.4 Å². The van der Waals surface area contributed by atoms with E-state index in [4.69, 9.17) is 4.74 Å². The number of hydrogen-bond acceptors (Lipinski definition) is 3. The number of methoxy groups -OCH3 is 1. The Kier molecular flexibility index (Phi) is 4.55. The summed E-state index contributed by atoms with van der Waals surface area (Å²) in [4.78, 5) is 0. The summed E-state index contributed by atoms with van der Waals surface area (Å²) in [5.41, 5.74) is 2.14. The van der Waals surface area contributed by atoms with E-state index in [-0.39, 0.29) is 0 Å². The van der Waals surface area contributed by atoms with Gasteiger partial charge in [-0.3, -0.25) is 0 Å². The second-order valence-corrected chi connectivity index (χ2v) is 4.00. The third-order valence-electron chi connectivity index (χ3n) is 2.63. The van der Waals surface area contributed by atoms with Crippen molar-refractivity contribution in [3.8, 4) is 5.88 Å². The van der Waals surface area contributed by atoms with E-state index in [1.807, 2.05) is 20.0 Å². The highest BCUT2D eigenvalue weighted by atomic mass is 16.5. The lowest BCUT2D eigenvalue weighted by atomic mass is 10.2. The first kappa shape index (κ1) is 12.8. The Bertz CT molecular complexity index is 357. The Balaban J connectivity index is 2.69. The number of hydrogen-bond donors (Lipinski definition) is 1. The fourth-order valence-electron chi connectivity index (χ4n) is 1.75. The van der Waals surface area contributed by atoms with Crippen LogP contribution in [0.5, 0.6) is 5.88 Å². The van der Waals surface area contributed by atoms with Crippen molar-refractivity contribution in [1.82, 2.24) is 15.1 Å². The number of aromatic nitrogens is 2. The molecule has 0 saturated carbocycles. The SMILES string of the molecule is C=CCC(C)NCc1c(C)nn(C)c1OC. The normalized spacial score (nSPS) is 12.5. The molecule has 0 spiro atoms. The molecule has 90 valence electrons. The fraction of sp³-hybridized carbons (Fsp3) is 0.583. The summed E-state index contributed by atoms with van der Waals surface area (Å²) < 4.78 is 7.10. The first-order chi connectivity index (χ1) is 7.60. The van der Waals surface area contributed by atoms with Gasteiger partial charge < -0.3 is 10.1 Å². The summed E-state index contributed by atoms with van der Waals surface area (Å²) in [6, 6.07) is 0.418. The zero-order chi connectivity index (χ0) is 12.1. The van der Waals surface area contributed by atoms with Crippen LogP contribution in [0.15, 0.2) is 12.7 Å². The number of nitrogens with zero attached hydrogens (tertiary/aromatic N) is 2. The van der Waals surface area contributed by atoms with Crippen LogP contribution in [-0.4, -0.2) is 22.9 Å². The molecule has 1 N–H and O–H groups in total. The van der Waals surface area contributed by atoms with E-state index in [1.54, 1.807) is 11.8 Å². The van der Waals surface area contributed by atoms with Crippen molar-refractivity contribution < 1.29 is 4.74 Å². The Morgan fingerprint density at radius 1 is 1.62 bits per heavy atom. The summed E-state index contributed by atoms with van der Waals surface area (Å²) in [5.74, 6) is 0.829. The Morgan fingerprint density at radius 3 is 2.88 bits per heavy atom. The monoisotopic (exact) mass is 223 g/mol. The van der Waals surface area contributed by atoms with Gasteiger partial charge in [-0.1, -0.05) is 6.08 Å². The standard InChI is InChI=1S/C12H21N3O/c1-6-7-9(2)13-8-11-10(3)14-15(4)12(11)16-5/h6,9,13H,1,7-8H2,2-5H3. The summed E-state index contributed by atoms with van der Waals surface area (Å²) >= 11 is 0. The molecule has 1 rings (SSSR count). The van der Waals surface area contributed by atoms with Crippen LogP contribution in [0, 0.1) is 6.92 Å². The van der Waals surface area contributed by atoms with E-state index in [2.05, 4.69) is 23.9 Å². The maximum absolute atomic E-state index is 5.33. The van der Waals surface area contributed by atoms with E-state index in [1.165, 1.54) is 0 Å². The molecule has 1 heterocycles. The Morgan fingerprint density at radius 2 is 2.31 bits per heavy atom. The van der Waals surface area contributed by atoms with Crippen LogP contribution in [0.3, 0.4) is 0 Å². The first-order valence-corrected chi connectivity index (χ1v) is 5.50. The van der Waals surface area contributed by atoms with Crippen molar-refractivity contribution in [1.29, 1.82) is 0 Å². The molecular formula is C12H21N3O. The summed E-state index contributed by atoms with van der Waals surface area (Å²) in [7, 11) is 3.57. The summed E-state index contributed by atoms with van der Waals surface area (Å²) in [5, 5.41) is 7.76. The second kappa shape index (κ2) is 5.70. The molecule has 0 aromatic carbocycles. The maximum Gasteiger partial charge on any atom is 0.216 e. The van der Waals surface area contributed by atoms with Crippen molar-refractivity contribution in [3.05, 3.63) is 23.9 Å². The van der Waals surface area contributed by atoms with Crippen LogP contribution in [0.4, 0.5) is 0 Å². The molecule has 1 unspecified atom stereocenters. The van der Waals surface area contributed by atoms with Crippen LogP contribution >= 0.6 is 0 Å². The van der Waals surface area contributed by atoms with Crippen LogP contribution in [0.1, 0.15) is 24.6 Å². The third kappa shape index (κ3) is 2.85. The predicted molar refractivity (Wildman–Crippen MR) is 65.6 cm³/mol. The smallest absolute Gasteiger partial charge is 0.216 e. The van der Waals surface area contributed by atoms with Crippen LogP contribution in [-0.2, 0) is 13.6 Å². The minimum absolute atomic E-state index is 0.418. The lowest BCUT2D eigenvalue weighted by molar-refractivity contribution is 0.367. The van der Waals surface area contributed by atoms with E-state index in [0.29, 0.717) is 6.04 Å². The minimum Gasteiger partial charge on any atom is -0.481 e. The molecule has 4 heteroatoms. The van der Waals surface area contributed by atoms with Crippen LogP contribution in [0.2, 0.25) is 0 Å². The first-order valence-electron chi connectivity index (χ1n) is 5.50. The van der Waals surface area contributed by atoms with Gasteiger partial charge in [-0.15, -0.1) is 6.58 Å². The fourth-order valence-corrected chi connectivity index (χ4v) is 1.75. The van der Waals surface area contributed by atoms with Crippen molar-refractivity contribution in [3.63, 3.8) is 0 Å². The van der Waals surface area contributed by atoms with Gasteiger partial charge in [0.1, 0.15) is 0 Å². The Labute approximate surface area is 97.3 Å². The second-order valence-electron chi connectivity index (χ2n) is 4.00. The molecule has 1 aromatic rings. The largest absolute Gasteiger partial charge is 0.481 e. The van der Waals surface area contributed by atoms with Gasteiger partial charge >= 0.3 is 0 Å². The van der Waals surface area contributed by atoms with Gasteiger partial charge in [0, 0.05) is 19.6 Å². The van der Waals surface area contributed by atoms with Crippen LogP contribution in [0.25, 0.3) is 0 Å². The van der Waals surface area contributed by atoms with Gasteiger partial charge in [0.25, 0.3) is 0 Å². The van der Waals surface area contributed by atoms with Gasteiger partial charge in [0.2, 0.25) is 5.88 Å². The molecule has 0 aliphatic carbocycles. The van der Waals surface area contributed by atoms with E-state index < -0.39 is 0 Å². The third-order valence-corrected chi connectivity index (χ3v) is 2.63. The predicted octanol–water partition coefficient (Wildman–Crippen LogP) is 1.79. The van der Waals surface area contributed by atoms with E-state index >= 15 is 0 Å². The van der Waals surface area contributed by atoms with Crippen LogP contribution < -0.4 is 10.1 Å². The van der Waals surface area contributed by atoms with Gasteiger partial charge in [-0.2, -0.15) is 5.10 Å².